The van der Waals surface area contributed by atoms with E-state index in [2.05, 4.69) is 11.1 Å². The second kappa shape index (κ2) is 4.91. The Hall–Kier alpha value is -0.960. The Morgan fingerprint density at radius 3 is 2.69 bits per heavy atom. The zero-order valence-corrected chi connectivity index (χ0v) is 10.1. The Labute approximate surface area is 108 Å². The predicted molar refractivity (Wildman–Crippen MR) is 64.6 cm³/mol. The number of hydrogen-bond donors (Lipinski definition) is 0. The van der Waals surface area contributed by atoms with Gasteiger partial charge in [0, 0.05) is 12.1 Å². The summed E-state index contributed by atoms with van der Waals surface area (Å²) < 4.78 is 5.44. The Balaban J connectivity index is 2.31. The molecule has 1 heterocycles. The molecule has 0 bridgehead atoms. The quantitative estimate of drug-likeness (QED) is 0.744. The van der Waals surface area contributed by atoms with Crippen molar-refractivity contribution in [3.05, 3.63) is 51.6 Å². The summed E-state index contributed by atoms with van der Waals surface area (Å²) in [6.07, 6.45) is 0. The predicted octanol–water partition coefficient (Wildman–Crippen LogP) is 4.63. The van der Waals surface area contributed by atoms with Crippen molar-refractivity contribution in [2.24, 2.45) is 0 Å². The van der Waals surface area contributed by atoms with Crippen LogP contribution in [-0.4, -0.2) is 4.98 Å². The van der Waals surface area contributed by atoms with E-state index >= 15 is 0 Å². The van der Waals surface area contributed by atoms with E-state index in [9.17, 15) is 0 Å². The molecule has 1 aromatic carbocycles. The number of halogens is 3. The molecule has 0 spiro atoms. The zero-order valence-electron chi connectivity index (χ0n) is 7.88. The molecule has 0 saturated carbocycles. The maximum absolute atomic E-state index is 5.96. The molecule has 0 atom stereocenters. The molecule has 0 amide bonds. The normalized spacial score (nSPS) is 10.2. The molecule has 81 valence electrons. The summed E-state index contributed by atoms with van der Waals surface area (Å²) in [6.45, 7) is 0. The topological polar surface area (TPSA) is 22.1 Å². The van der Waals surface area contributed by atoms with Gasteiger partial charge in [-0.1, -0.05) is 40.9 Å². The van der Waals surface area contributed by atoms with Crippen molar-refractivity contribution in [3.8, 4) is 11.6 Å². The van der Waals surface area contributed by atoms with E-state index in [1.54, 1.807) is 30.3 Å². The number of benzene rings is 1. The number of ether oxygens (including phenoxy) is 1. The van der Waals surface area contributed by atoms with Crippen LogP contribution in [0.1, 0.15) is 0 Å². The molecule has 1 radical (unpaired) electrons. The molecule has 2 rings (SSSR count). The third kappa shape index (κ3) is 2.59. The summed E-state index contributed by atoms with van der Waals surface area (Å²) in [5.74, 6) is 0.775. The molecule has 16 heavy (non-hydrogen) atoms. The van der Waals surface area contributed by atoms with E-state index in [-0.39, 0.29) is 5.15 Å². The summed E-state index contributed by atoms with van der Waals surface area (Å²) in [6, 6.07) is 11.0. The first-order valence-electron chi connectivity index (χ1n) is 4.33. The first-order chi connectivity index (χ1) is 7.66. The van der Waals surface area contributed by atoms with Crippen LogP contribution in [0.15, 0.2) is 30.3 Å². The van der Waals surface area contributed by atoms with Crippen LogP contribution in [-0.2, 0) is 0 Å². The minimum absolute atomic E-state index is 0.232. The zero-order chi connectivity index (χ0) is 11.5. The van der Waals surface area contributed by atoms with Crippen LogP contribution in [0.3, 0.4) is 0 Å². The number of nitrogens with zero attached hydrogens (tertiary/aromatic N) is 1. The van der Waals surface area contributed by atoms with Crippen LogP contribution in [0.4, 0.5) is 0 Å². The van der Waals surface area contributed by atoms with Crippen molar-refractivity contribution in [2.75, 3.05) is 0 Å². The van der Waals surface area contributed by atoms with Crippen LogP contribution in [0.25, 0.3) is 0 Å². The molecule has 0 aliphatic carbocycles. The lowest BCUT2D eigenvalue weighted by molar-refractivity contribution is 0.463. The van der Waals surface area contributed by atoms with Gasteiger partial charge < -0.3 is 4.74 Å². The van der Waals surface area contributed by atoms with Crippen molar-refractivity contribution in [3.63, 3.8) is 0 Å². The van der Waals surface area contributed by atoms with Crippen LogP contribution < -0.4 is 4.74 Å². The van der Waals surface area contributed by atoms with Crippen molar-refractivity contribution in [2.45, 2.75) is 0 Å². The van der Waals surface area contributed by atoms with Gasteiger partial charge in [-0.05, 0) is 18.2 Å². The van der Waals surface area contributed by atoms with Gasteiger partial charge in [0.1, 0.15) is 15.9 Å². The molecule has 0 fully saturated rings. The third-order valence-corrected chi connectivity index (χ3v) is 2.76. The highest BCUT2D eigenvalue weighted by molar-refractivity contribution is 6.42. The van der Waals surface area contributed by atoms with Crippen molar-refractivity contribution in [1.29, 1.82) is 0 Å². The monoisotopic (exact) mass is 272 g/mol. The maximum Gasteiger partial charge on any atom is 0.220 e. The number of hydrogen-bond acceptors (Lipinski definition) is 2. The Bertz CT molecular complexity index is 516. The SMILES string of the molecule is Clc1[c]ccc(Oc2cccc(Cl)c2Cl)n1. The molecule has 0 aliphatic heterocycles. The van der Waals surface area contributed by atoms with E-state index < -0.39 is 0 Å². The first kappa shape index (κ1) is 11.5. The Morgan fingerprint density at radius 2 is 1.94 bits per heavy atom. The summed E-state index contributed by atoms with van der Waals surface area (Å²) in [4.78, 5) is 3.93. The average Bonchev–Trinajstić information content (AvgIpc) is 2.25. The minimum Gasteiger partial charge on any atom is -0.437 e. The highest BCUT2D eigenvalue weighted by Crippen LogP contribution is 2.34. The summed E-state index contributed by atoms with van der Waals surface area (Å²) in [7, 11) is 0. The molecule has 0 N–H and O–H groups in total. The van der Waals surface area contributed by atoms with E-state index in [1.165, 1.54) is 0 Å². The Kier molecular flexibility index (Phi) is 3.54. The molecule has 2 nitrogen and oxygen atoms in total. The smallest absolute Gasteiger partial charge is 0.220 e. The van der Waals surface area contributed by atoms with Gasteiger partial charge in [-0.25, -0.2) is 4.98 Å². The molecule has 0 unspecified atom stereocenters. The molecule has 1 aromatic heterocycles. The van der Waals surface area contributed by atoms with E-state index in [4.69, 9.17) is 39.5 Å². The van der Waals surface area contributed by atoms with Gasteiger partial charge in [0.15, 0.2) is 0 Å². The van der Waals surface area contributed by atoms with Gasteiger partial charge in [-0.2, -0.15) is 0 Å². The molecular weight excluding hydrogens is 268 g/mol. The fourth-order valence-electron chi connectivity index (χ4n) is 1.08. The fourth-order valence-corrected chi connectivity index (χ4v) is 1.56. The van der Waals surface area contributed by atoms with Gasteiger partial charge >= 0.3 is 0 Å². The van der Waals surface area contributed by atoms with Gasteiger partial charge in [-0.3, -0.25) is 0 Å². The highest BCUT2D eigenvalue weighted by Gasteiger charge is 2.07. The van der Waals surface area contributed by atoms with E-state index in [1.807, 2.05) is 0 Å². The molecule has 5 heteroatoms. The lowest BCUT2D eigenvalue weighted by Crippen LogP contribution is -1.88. The standard InChI is InChI=1S/C11H5Cl3NO/c12-7-3-1-4-8(11(7)14)16-10-6-2-5-9(13)15-10/h1-4,6H. The van der Waals surface area contributed by atoms with Gasteiger partial charge in [0.25, 0.3) is 0 Å². The second-order valence-electron chi connectivity index (χ2n) is 2.87. The van der Waals surface area contributed by atoms with Crippen LogP contribution in [0, 0.1) is 6.07 Å². The molecule has 0 saturated heterocycles. The van der Waals surface area contributed by atoms with E-state index in [0.717, 1.165) is 0 Å². The molecular formula is C11H5Cl3NO. The van der Waals surface area contributed by atoms with Crippen LogP contribution in [0.2, 0.25) is 15.2 Å². The van der Waals surface area contributed by atoms with Crippen LogP contribution in [0.5, 0.6) is 11.6 Å². The maximum atomic E-state index is 5.96. The highest BCUT2D eigenvalue weighted by atomic mass is 35.5. The second-order valence-corrected chi connectivity index (χ2v) is 4.02. The minimum atomic E-state index is 0.232. The molecule has 2 aromatic rings. The third-order valence-electron chi connectivity index (χ3n) is 1.77. The first-order valence-corrected chi connectivity index (χ1v) is 5.46. The number of rotatable bonds is 2. The lowest BCUT2D eigenvalue weighted by Gasteiger charge is -2.07. The number of pyridine rings is 1. The van der Waals surface area contributed by atoms with Gasteiger partial charge in [-0.15, -0.1) is 0 Å². The fraction of sp³-hybridized carbons (Fsp3) is 0. The van der Waals surface area contributed by atoms with Crippen molar-refractivity contribution >= 4 is 34.8 Å². The largest absolute Gasteiger partial charge is 0.437 e. The molecule has 0 aliphatic rings. The van der Waals surface area contributed by atoms with Crippen LogP contribution >= 0.6 is 34.8 Å². The Morgan fingerprint density at radius 1 is 1.12 bits per heavy atom. The van der Waals surface area contributed by atoms with E-state index in [0.29, 0.717) is 21.7 Å². The summed E-state index contributed by atoms with van der Waals surface area (Å²) in [5.41, 5.74) is 0. The van der Waals surface area contributed by atoms with Gasteiger partial charge in [0.2, 0.25) is 5.88 Å². The summed E-state index contributed by atoms with van der Waals surface area (Å²) in [5, 5.41) is 0.998. The van der Waals surface area contributed by atoms with Crippen molar-refractivity contribution < 1.29 is 4.74 Å². The lowest BCUT2D eigenvalue weighted by atomic mass is 10.3. The summed E-state index contributed by atoms with van der Waals surface area (Å²) >= 11 is 17.5. The van der Waals surface area contributed by atoms with Crippen molar-refractivity contribution in [1.82, 2.24) is 4.98 Å². The van der Waals surface area contributed by atoms with Gasteiger partial charge in [0.05, 0.1) is 5.02 Å². The average molecular weight is 274 g/mol. The number of aromatic nitrogens is 1.